The Labute approximate surface area is 198 Å². The Morgan fingerprint density at radius 1 is 1.30 bits per heavy atom. The van der Waals surface area contributed by atoms with E-state index in [0.717, 1.165) is 50.4 Å². The van der Waals surface area contributed by atoms with Crippen LogP contribution in [0.3, 0.4) is 0 Å². The highest BCUT2D eigenvalue weighted by molar-refractivity contribution is 14.0. The molecule has 0 atom stereocenters. The van der Waals surface area contributed by atoms with Gasteiger partial charge in [-0.15, -0.1) is 24.0 Å². The molecule has 172 valence electrons. The molecule has 1 aliphatic heterocycles. The molecule has 2 rings (SSSR count). The lowest BCUT2D eigenvalue weighted by molar-refractivity contribution is 0.216. The van der Waals surface area contributed by atoms with Crippen LogP contribution in [0.4, 0.5) is 0 Å². The third-order valence-corrected chi connectivity index (χ3v) is 5.65. The quantitative estimate of drug-likeness (QED) is 0.260. The molecule has 1 fully saturated rings. The standard InChI is InChI=1S/C20H35N5O3S.HI/c1-4-13-28-19-7-6-17(15-22-19)16-23-20(21-5-2)24-18-8-10-25(11-9-18)12-14-29(3,26)27;/h6-7,15,18H,4-5,8-14,16H2,1-3H3,(H2,21,23,24);1H. The number of sulfone groups is 1. The van der Waals surface area contributed by atoms with Gasteiger partial charge in [0.05, 0.1) is 18.9 Å². The molecule has 0 unspecified atom stereocenters. The van der Waals surface area contributed by atoms with Crippen molar-refractivity contribution in [2.24, 2.45) is 4.99 Å². The van der Waals surface area contributed by atoms with Crippen molar-refractivity contribution in [1.82, 2.24) is 20.5 Å². The van der Waals surface area contributed by atoms with Gasteiger partial charge in [0.2, 0.25) is 5.88 Å². The van der Waals surface area contributed by atoms with Crippen LogP contribution in [0.15, 0.2) is 23.3 Å². The second-order valence-electron chi connectivity index (χ2n) is 7.44. The number of pyridine rings is 1. The van der Waals surface area contributed by atoms with Gasteiger partial charge in [-0.1, -0.05) is 13.0 Å². The van der Waals surface area contributed by atoms with E-state index in [1.807, 2.05) is 19.1 Å². The monoisotopic (exact) mass is 553 g/mol. The van der Waals surface area contributed by atoms with Crippen molar-refractivity contribution < 1.29 is 13.2 Å². The first-order valence-electron chi connectivity index (χ1n) is 10.4. The summed E-state index contributed by atoms with van der Waals surface area (Å²) in [6.07, 6.45) is 6.00. The fraction of sp³-hybridized carbons (Fsp3) is 0.700. The minimum absolute atomic E-state index is 0. The molecule has 0 amide bonds. The van der Waals surface area contributed by atoms with E-state index >= 15 is 0 Å². The number of hydrogen-bond acceptors (Lipinski definition) is 6. The van der Waals surface area contributed by atoms with Gasteiger partial charge in [-0.3, -0.25) is 0 Å². The number of halogens is 1. The molecule has 2 heterocycles. The number of hydrogen-bond donors (Lipinski definition) is 2. The Kier molecular flexibility index (Phi) is 12.6. The fourth-order valence-corrected chi connectivity index (χ4v) is 3.67. The molecule has 0 saturated carbocycles. The highest BCUT2D eigenvalue weighted by Crippen LogP contribution is 2.11. The minimum Gasteiger partial charge on any atom is -0.478 e. The second-order valence-corrected chi connectivity index (χ2v) is 9.70. The van der Waals surface area contributed by atoms with E-state index in [2.05, 4.69) is 32.4 Å². The van der Waals surface area contributed by atoms with Crippen LogP contribution < -0.4 is 15.4 Å². The van der Waals surface area contributed by atoms with Gasteiger partial charge in [0.25, 0.3) is 0 Å². The van der Waals surface area contributed by atoms with Gasteiger partial charge in [-0.2, -0.15) is 0 Å². The summed E-state index contributed by atoms with van der Waals surface area (Å²) in [5, 5.41) is 6.80. The zero-order chi connectivity index (χ0) is 21.1. The first-order chi connectivity index (χ1) is 13.9. The van der Waals surface area contributed by atoms with E-state index in [1.165, 1.54) is 6.26 Å². The predicted molar refractivity (Wildman–Crippen MR) is 133 cm³/mol. The summed E-state index contributed by atoms with van der Waals surface area (Å²) in [5.74, 6) is 1.67. The molecule has 1 aromatic heterocycles. The average Bonchev–Trinajstić information content (AvgIpc) is 2.70. The average molecular weight is 554 g/mol. The van der Waals surface area contributed by atoms with E-state index in [4.69, 9.17) is 4.74 Å². The number of aliphatic imine (C=N–C) groups is 1. The van der Waals surface area contributed by atoms with Crippen molar-refractivity contribution in [3.63, 3.8) is 0 Å². The number of nitrogens with zero attached hydrogens (tertiary/aromatic N) is 3. The van der Waals surface area contributed by atoms with Crippen LogP contribution in [-0.2, 0) is 16.4 Å². The number of guanidine groups is 1. The fourth-order valence-electron chi connectivity index (χ4n) is 3.08. The number of piperidine rings is 1. The van der Waals surface area contributed by atoms with Crippen molar-refractivity contribution >= 4 is 39.8 Å². The zero-order valence-corrected chi connectivity index (χ0v) is 21.4. The lowest BCUT2D eigenvalue weighted by Crippen LogP contribution is -2.49. The van der Waals surface area contributed by atoms with Crippen molar-refractivity contribution in [3.8, 4) is 5.88 Å². The summed E-state index contributed by atoms with van der Waals surface area (Å²) in [5.41, 5.74) is 1.03. The second kappa shape index (κ2) is 14.0. The van der Waals surface area contributed by atoms with Gasteiger partial charge in [0.1, 0.15) is 9.84 Å². The number of ether oxygens (including phenoxy) is 1. The SMILES string of the molecule is CCCOc1ccc(CN=C(NCC)NC2CCN(CCS(C)(=O)=O)CC2)cn1.I. The highest BCUT2D eigenvalue weighted by atomic mass is 127. The summed E-state index contributed by atoms with van der Waals surface area (Å²) in [6.45, 7) is 8.54. The molecule has 0 aliphatic carbocycles. The molecular formula is C20H36IN5O3S. The molecule has 0 aromatic carbocycles. The van der Waals surface area contributed by atoms with Crippen molar-refractivity contribution in [1.29, 1.82) is 0 Å². The van der Waals surface area contributed by atoms with Crippen LogP contribution in [0.25, 0.3) is 0 Å². The first-order valence-corrected chi connectivity index (χ1v) is 12.5. The summed E-state index contributed by atoms with van der Waals surface area (Å²) in [7, 11) is -2.90. The maximum Gasteiger partial charge on any atom is 0.213 e. The highest BCUT2D eigenvalue weighted by Gasteiger charge is 2.20. The van der Waals surface area contributed by atoms with Gasteiger partial charge < -0.3 is 20.3 Å². The Balaban J connectivity index is 0.00000450. The van der Waals surface area contributed by atoms with Crippen LogP contribution in [0.5, 0.6) is 5.88 Å². The van der Waals surface area contributed by atoms with E-state index in [-0.39, 0.29) is 29.7 Å². The molecule has 10 heteroatoms. The Morgan fingerprint density at radius 3 is 2.60 bits per heavy atom. The number of rotatable bonds is 10. The summed E-state index contributed by atoms with van der Waals surface area (Å²) < 4.78 is 28.2. The van der Waals surface area contributed by atoms with Crippen LogP contribution in [0, 0.1) is 0 Å². The Morgan fingerprint density at radius 2 is 2.03 bits per heavy atom. The molecule has 1 aliphatic rings. The van der Waals surface area contributed by atoms with Crippen molar-refractivity contribution in [3.05, 3.63) is 23.9 Å². The minimum atomic E-state index is -2.90. The maximum atomic E-state index is 11.3. The molecule has 1 aromatic rings. The largest absolute Gasteiger partial charge is 0.478 e. The van der Waals surface area contributed by atoms with E-state index in [1.54, 1.807) is 6.20 Å². The molecule has 8 nitrogen and oxygen atoms in total. The van der Waals surface area contributed by atoms with Gasteiger partial charge in [-0.05, 0) is 31.7 Å². The maximum absolute atomic E-state index is 11.3. The normalized spacial score (nSPS) is 16.0. The van der Waals surface area contributed by atoms with Crippen LogP contribution in [0.2, 0.25) is 0 Å². The molecular weight excluding hydrogens is 517 g/mol. The smallest absolute Gasteiger partial charge is 0.213 e. The molecule has 30 heavy (non-hydrogen) atoms. The van der Waals surface area contributed by atoms with Crippen molar-refractivity contribution in [2.45, 2.75) is 45.7 Å². The Hall–Kier alpha value is -1.14. The lowest BCUT2D eigenvalue weighted by Gasteiger charge is -2.32. The van der Waals surface area contributed by atoms with E-state index < -0.39 is 9.84 Å². The Bertz CT molecular complexity index is 735. The molecule has 2 N–H and O–H groups in total. The van der Waals surface area contributed by atoms with E-state index in [0.29, 0.717) is 31.6 Å². The first kappa shape index (κ1) is 26.9. The molecule has 1 saturated heterocycles. The van der Waals surface area contributed by atoms with Crippen LogP contribution in [0.1, 0.15) is 38.7 Å². The number of nitrogens with one attached hydrogen (secondary N) is 2. The molecule has 0 radical (unpaired) electrons. The predicted octanol–water partition coefficient (Wildman–Crippen LogP) is 2.05. The van der Waals surface area contributed by atoms with Gasteiger partial charge in [0.15, 0.2) is 5.96 Å². The van der Waals surface area contributed by atoms with Gasteiger partial charge in [-0.25, -0.2) is 18.4 Å². The summed E-state index contributed by atoms with van der Waals surface area (Å²) >= 11 is 0. The van der Waals surface area contributed by atoms with Crippen molar-refractivity contribution in [2.75, 3.05) is 44.8 Å². The third kappa shape index (κ3) is 10.8. The number of aromatic nitrogens is 1. The van der Waals surface area contributed by atoms with Gasteiger partial charge >= 0.3 is 0 Å². The summed E-state index contributed by atoms with van der Waals surface area (Å²) in [6, 6.07) is 4.21. The van der Waals surface area contributed by atoms with Gasteiger partial charge in [0, 0.05) is 50.7 Å². The third-order valence-electron chi connectivity index (χ3n) is 4.72. The molecule has 0 spiro atoms. The van der Waals surface area contributed by atoms with Crippen LogP contribution >= 0.6 is 24.0 Å². The zero-order valence-electron chi connectivity index (χ0n) is 18.3. The number of likely N-dealkylation sites (tertiary alicyclic amines) is 1. The molecule has 0 bridgehead atoms. The van der Waals surface area contributed by atoms with E-state index in [9.17, 15) is 8.42 Å². The topological polar surface area (TPSA) is 95.9 Å². The summed E-state index contributed by atoms with van der Waals surface area (Å²) in [4.78, 5) is 11.2. The van der Waals surface area contributed by atoms with Crippen LogP contribution in [-0.4, -0.2) is 75.1 Å². The lowest BCUT2D eigenvalue weighted by atomic mass is 10.1.